The molecule has 1 aromatic rings. The third-order valence-electron chi connectivity index (χ3n) is 4.47. The summed E-state index contributed by atoms with van der Waals surface area (Å²) in [6.07, 6.45) is 12.4. The maximum absolute atomic E-state index is 4.40. The molecule has 0 bridgehead atoms. The number of nitrogens with zero attached hydrogens (tertiary/aromatic N) is 2. The number of nitrogens with one attached hydrogen (secondary N) is 1. The monoisotopic (exact) mass is 277 g/mol. The van der Waals surface area contributed by atoms with Crippen LogP contribution in [0.2, 0.25) is 0 Å². The molecule has 0 aromatic carbocycles. The molecule has 20 heavy (non-hydrogen) atoms. The summed E-state index contributed by atoms with van der Waals surface area (Å²) in [7, 11) is 0. The van der Waals surface area contributed by atoms with E-state index in [1.165, 1.54) is 44.2 Å². The molecular formula is C17H31N3. The lowest BCUT2D eigenvalue weighted by Gasteiger charge is -2.31. The van der Waals surface area contributed by atoms with Gasteiger partial charge in [-0.3, -0.25) is 4.68 Å². The zero-order valence-corrected chi connectivity index (χ0v) is 13.5. The Morgan fingerprint density at radius 3 is 2.75 bits per heavy atom. The fraction of sp³-hybridized carbons (Fsp3) is 0.824. The molecule has 0 atom stereocenters. The van der Waals surface area contributed by atoms with Crippen molar-refractivity contribution in [1.82, 2.24) is 15.1 Å². The van der Waals surface area contributed by atoms with Gasteiger partial charge in [0.1, 0.15) is 0 Å². The number of hydrogen-bond donors (Lipinski definition) is 1. The molecule has 2 rings (SSSR count). The lowest BCUT2D eigenvalue weighted by atomic mass is 9.78. The first-order valence-corrected chi connectivity index (χ1v) is 8.35. The predicted octanol–water partition coefficient (Wildman–Crippen LogP) is 3.99. The van der Waals surface area contributed by atoms with Gasteiger partial charge in [0.15, 0.2) is 0 Å². The van der Waals surface area contributed by atoms with Crippen molar-refractivity contribution in [1.29, 1.82) is 0 Å². The number of aryl methyl sites for hydroxylation is 1. The summed E-state index contributed by atoms with van der Waals surface area (Å²) in [6.45, 7) is 10.1. The summed E-state index contributed by atoms with van der Waals surface area (Å²) < 4.78 is 2.05. The highest BCUT2D eigenvalue weighted by Crippen LogP contribution is 2.42. The van der Waals surface area contributed by atoms with Gasteiger partial charge in [0, 0.05) is 31.4 Å². The van der Waals surface area contributed by atoms with Crippen LogP contribution in [-0.2, 0) is 13.1 Å². The van der Waals surface area contributed by atoms with Crippen LogP contribution >= 0.6 is 0 Å². The van der Waals surface area contributed by atoms with Gasteiger partial charge < -0.3 is 5.32 Å². The van der Waals surface area contributed by atoms with E-state index >= 15 is 0 Å². The SMILES string of the molecule is CCCn1cc(CNCC2(CC(C)C)CCCC2)cn1. The molecule has 0 spiro atoms. The van der Waals surface area contributed by atoms with E-state index in [1.54, 1.807) is 0 Å². The highest BCUT2D eigenvalue weighted by Gasteiger charge is 2.33. The Bertz CT molecular complexity index is 389. The number of aromatic nitrogens is 2. The minimum atomic E-state index is 0.563. The van der Waals surface area contributed by atoms with Gasteiger partial charge in [-0.05, 0) is 37.0 Å². The minimum Gasteiger partial charge on any atom is -0.312 e. The highest BCUT2D eigenvalue weighted by atomic mass is 15.3. The second-order valence-corrected chi connectivity index (χ2v) is 7.02. The molecule has 1 aliphatic rings. The van der Waals surface area contributed by atoms with Crippen molar-refractivity contribution in [3.05, 3.63) is 18.0 Å². The van der Waals surface area contributed by atoms with Crippen molar-refractivity contribution in [2.24, 2.45) is 11.3 Å². The molecule has 114 valence electrons. The average Bonchev–Trinajstić information content (AvgIpc) is 3.00. The second-order valence-electron chi connectivity index (χ2n) is 7.02. The maximum atomic E-state index is 4.40. The summed E-state index contributed by atoms with van der Waals surface area (Å²) in [6, 6.07) is 0. The fourth-order valence-corrected chi connectivity index (χ4v) is 3.77. The molecule has 3 nitrogen and oxygen atoms in total. The predicted molar refractivity (Wildman–Crippen MR) is 84.6 cm³/mol. The third kappa shape index (κ3) is 4.34. The van der Waals surface area contributed by atoms with E-state index in [4.69, 9.17) is 0 Å². The Hall–Kier alpha value is -0.830. The van der Waals surface area contributed by atoms with Gasteiger partial charge in [-0.2, -0.15) is 5.10 Å². The molecule has 1 N–H and O–H groups in total. The largest absolute Gasteiger partial charge is 0.312 e. The zero-order chi connectivity index (χ0) is 14.4. The molecule has 0 aliphatic heterocycles. The maximum Gasteiger partial charge on any atom is 0.0534 e. The summed E-state index contributed by atoms with van der Waals surface area (Å²) in [5.74, 6) is 0.808. The molecule has 0 saturated heterocycles. The van der Waals surface area contributed by atoms with Crippen molar-refractivity contribution in [3.8, 4) is 0 Å². The van der Waals surface area contributed by atoms with Crippen molar-refractivity contribution in [3.63, 3.8) is 0 Å². The van der Waals surface area contributed by atoms with Crippen molar-refractivity contribution < 1.29 is 0 Å². The smallest absolute Gasteiger partial charge is 0.0534 e. The van der Waals surface area contributed by atoms with E-state index in [-0.39, 0.29) is 0 Å². The summed E-state index contributed by atoms with van der Waals surface area (Å²) in [5, 5.41) is 8.09. The fourth-order valence-electron chi connectivity index (χ4n) is 3.77. The van der Waals surface area contributed by atoms with Crippen LogP contribution in [-0.4, -0.2) is 16.3 Å². The van der Waals surface area contributed by atoms with Gasteiger partial charge in [0.25, 0.3) is 0 Å². The van der Waals surface area contributed by atoms with E-state index in [2.05, 4.69) is 42.1 Å². The first-order valence-electron chi connectivity index (χ1n) is 8.35. The van der Waals surface area contributed by atoms with Gasteiger partial charge in [-0.1, -0.05) is 33.6 Å². The van der Waals surface area contributed by atoms with Gasteiger partial charge in [-0.25, -0.2) is 0 Å². The van der Waals surface area contributed by atoms with Gasteiger partial charge in [-0.15, -0.1) is 0 Å². The topological polar surface area (TPSA) is 29.9 Å². The quantitative estimate of drug-likeness (QED) is 0.778. The first kappa shape index (κ1) is 15.6. The molecular weight excluding hydrogens is 246 g/mol. The van der Waals surface area contributed by atoms with Crippen LogP contribution in [0.3, 0.4) is 0 Å². The van der Waals surface area contributed by atoms with E-state index in [0.29, 0.717) is 5.41 Å². The van der Waals surface area contributed by atoms with Crippen LogP contribution < -0.4 is 5.32 Å². The summed E-state index contributed by atoms with van der Waals surface area (Å²) in [5.41, 5.74) is 1.88. The van der Waals surface area contributed by atoms with E-state index in [0.717, 1.165) is 25.4 Å². The second kappa shape index (κ2) is 7.26. The van der Waals surface area contributed by atoms with Gasteiger partial charge in [0.05, 0.1) is 6.20 Å². The van der Waals surface area contributed by atoms with Crippen molar-refractivity contribution >= 4 is 0 Å². The van der Waals surface area contributed by atoms with Gasteiger partial charge >= 0.3 is 0 Å². The Labute approximate surface area is 124 Å². The molecule has 1 fully saturated rings. The molecule has 0 radical (unpaired) electrons. The molecule has 3 heteroatoms. The zero-order valence-electron chi connectivity index (χ0n) is 13.5. The molecule has 0 unspecified atom stereocenters. The molecule has 0 amide bonds. The van der Waals surface area contributed by atoms with Crippen LogP contribution in [0.15, 0.2) is 12.4 Å². The molecule has 1 heterocycles. The van der Waals surface area contributed by atoms with E-state index < -0.39 is 0 Å². The minimum absolute atomic E-state index is 0.563. The van der Waals surface area contributed by atoms with Crippen molar-refractivity contribution in [2.75, 3.05) is 6.54 Å². The van der Waals surface area contributed by atoms with E-state index in [1.807, 2.05) is 6.20 Å². The average molecular weight is 277 g/mol. The lowest BCUT2D eigenvalue weighted by molar-refractivity contribution is 0.223. The molecule has 1 aromatic heterocycles. The third-order valence-corrected chi connectivity index (χ3v) is 4.47. The Morgan fingerprint density at radius 1 is 1.35 bits per heavy atom. The lowest BCUT2D eigenvalue weighted by Crippen LogP contribution is -2.33. The Balaban J connectivity index is 1.80. The van der Waals surface area contributed by atoms with Crippen LogP contribution in [0.1, 0.15) is 64.9 Å². The summed E-state index contributed by atoms with van der Waals surface area (Å²) in [4.78, 5) is 0. The highest BCUT2D eigenvalue weighted by molar-refractivity contribution is 5.03. The number of hydrogen-bond acceptors (Lipinski definition) is 2. The van der Waals surface area contributed by atoms with Gasteiger partial charge in [0.2, 0.25) is 0 Å². The summed E-state index contributed by atoms with van der Waals surface area (Å²) >= 11 is 0. The van der Waals surface area contributed by atoms with Crippen molar-refractivity contribution in [2.45, 2.75) is 72.4 Å². The number of rotatable bonds is 8. The standard InChI is InChI=1S/C17H31N3/c1-4-9-20-13-16(12-19-20)11-18-14-17(10-15(2)3)7-5-6-8-17/h12-13,15,18H,4-11,14H2,1-3H3. The normalized spacial score (nSPS) is 18.0. The first-order chi connectivity index (χ1) is 9.63. The van der Waals surface area contributed by atoms with Crippen LogP contribution in [0.5, 0.6) is 0 Å². The van der Waals surface area contributed by atoms with Crippen LogP contribution in [0.4, 0.5) is 0 Å². The van der Waals surface area contributed by atoms with Crippen LogP contribution in [0.25, 0.3) is 0 Å². The molecule has 1 aliphatic carbocycles. The Morgan fingerprint density at radius 2 is 2.10 bits per heavy atom. The van der Waals surface area contributed by atoms with E-state index in [9.17, 15) is 0 Å². The Kier molecular flexibility index (Phi) is 5.64. The molecule has 1 saturated carbocycles. The van der Waals surface area contributed by atoms with Crippen LogP contribution in [0, 0.1) is 11.3 Å².